The number of ketones is 1. The second kappa shape index (κ2) is 11.3. The average Bonchev–Trinajstić information content (AvgIpc) is 3.03. The first-order valence-electron chi connectivity index (χ1n) is 13.5. The quantitative estimate of drug-likeness (QED) is 0.197. The number of nitrogens with zero attached hydrogens (tertiary/aromatic N) is 1. The molecular weight excluding hydrogens is 486 g/mol. The van der Waals surface area contributed by atoms with Crippen molar-refractivity contribution < 1.29 is 4.79 Å². The summed E-state index contributed by atoms with van der Waals surface area (Å²) in [5.74, 6) is 0.0266. The van der Waals surface area contributed by atoms with Crippen LogP contribution < -0.4 is 4.90 Å². The minimum atomic E-state index is 0.0266. The second-order valence-corrected chi connectivity index (χ2v) is 9.86. The van der Waals surface area contributed by atoms with E-state index in [9.17, 15) is 4.79 Å². The number of aryl methyl sites for hydroxylation is 1. The molecule has 0 atom stereocenters. The molecule has 2 nitrogen and oxygen atoms in total. The number of anilines is 3. The Hall–Kier alpha value is -5.21. The highest BCUT2D eigenvalue weighted by Crippen LogP contribution is 2.37. The van der Waals surface area contributed by atoms with Crippen LogP contribution in [0.2, 0.25) is 0 Å². The van der Waals surface area contributed by atoms with Crippen molar-refractivity contribution in [3.63, 3.8) is 0 Å². The van der Waals surface area contributed by atoms with E-state index < -0.39 is 0 Å². The number of hydrogen-bond donors (Lipinski definition) is 0. The predicted octanol–water partition coefficient (Wildman–Crippen LogP) is 10.0. The van der Waals surface area contributed by atoms with Crippen LogP contribution in [0.1, 0.15) is 21.5 Å². The third-order valence-corrected chi connectivity index (χ3v) is 7.22. The topological polar surface area (TPSA) is 20.3 Å². The van der Waals surface area contributed by atoms with Crippen molar-refractivity contribution in [3.8, 4) is 22.3 Å². The van der Waals surface area contributed by atoms with E-state index in [2.05, 4.69) is 108 Å². The minimum Gasteiger partial charge on any atom is -0.310 e. The van der Waals surface area contributed by atoms with E-state index in [0.717, 1.165) is 39.3 Å². The Kier molecular flexibility index (Phi) is 7.07. The SMILES string of the molecule is Cc1ccccc1C(=O)c1cccc(N(c2ccc(-c3ccccc3)cc2)c2ccc(-c3ccccc3)cc2)c1. The van der Waals surface area contributed by atoms with Crippen LogP contribution >= 0.6 is 0 Å². The van der Waals surface area contributed by atoms with Crippen molar-refractivity contribution in [2.24, 2.45) is 0 Å². The molecule has 0 aliphatic carbocycles. The highest BCUT2D eigenvalue weighted by atomic mass is 16.1. The molecule has 0 amide bonds. The molecule has 0 aliphatic heterocycles. The Labute approximate surface area is 235 Å². The van der Waals surface area contributed by atoms with Crippen molar-refractivity contribution in [1.29, 1.82) is 0 Å². The van der Waals surface area contributed by atoms with Crippen LogP contribution in [0, 0.1) is 6.92 Å². The fraction of sp³-hybridized carbons (Fsp3) is 0.0263. The molecule has 0 fully saturated rings. The lowest BCUT2D eigenvalue weighted by atomic mass is 9.98. The molecule has 0 bridgehead atoms. The molecule has 0 spiro atoms. The summed E-state index contributed by atoms with van der Waals surface area (Å²) in [6.07, 6.45) is 0. The van der Waals surface area contributed by atoms with Gasteiger partial charge in [0.25, 0.3) is 0 Å². The molecule has 0 heterocycles. The van der Waals surface area contributed by atoms with Gasteiger partial charge in [0.15, 0.2) is 5.78 Å². The van der Waals surface area contributed by atoms with Gasteiger partial charge >= 0.3 is 0 Å². The van der Waals surface area contributed by atoms with E-state index in [1.807, 2.05) is 61.5 Å². The van der Waals surface area contributed by atoms with E-state index in [1.54, 1.807) is 0 Å². The fourth-order valence-corrected chi connectivity index (χ4v) is 5.08. The van der Waals surface area contributed by atoms with Crippen molar-refractivity contribution >= 4 is 22.8 Å². The highest BCUT2D eigenvalue weighted by Gasteiger charge is 2.17. The molecule has 0 aliphatic rings. The van der Waals surface area contributed by atoms with Crippen LogP contribution in [0.15, 0.2) is 158 Å². The summed E-state index contributed by atoms with van der Waals surface area (Å²) >= 11 is 0. The Bertz CT molecular complexity index is 1660. The normalized spacial score (nSPS) is 10.7. The first-order chi connectivity index (χ1) is 19.7. The summed E-state index contributed by atoms with van der Waals surface area (Å²) in [6, 6.07) is 53.6. The largest absolute Gasteiger partial charge is 0.310 e. The first-order valence-corrected chi connectivity index (χ1v) is 13.5. The Morgan fingerprint density at radius 2 is 0.925 bits per heavy atom. The Morgan fingerprint density at radius 1 is 0.450 bits per heavy atom. The van der Waals surface area contributed by atoms with Gasteiger partial charge in [-0.2, -0.15) is 0 Å². The lowest BCUT2D eigenvalue weighted by molar-refractivity contribution is 0.103. The van der Waals surface area contributed by atoms with Crippen LogP contribution in [0.3, 0.4) is 0 Å². The minimum absolute atomic E-state index is 0.0266. The molecule has 6 aromatic carbocycles. The summed E-state index contributed by atoms with van der Waals surface area (Å²) < 4.78 is 0. The van der Waals surface area contributed by atoms with Gasteiger partial charge in [-0.05, 0) is 71.1 Å². The maximum Gasteiger partial charge on any atom is 0.193 e. The van der Waals surface area contributed by atoms with Gasteiger partial charge in [0, 0.05) is 28.2 Å². The fourth-order valence-electron chi connectivity index (χ4n) is 5.08. The van der Waals surface area contributed by atoms with E-state index in [-0.39, 0.29) is 5.78 Å². The van der Waals surface area contributed by atoms with Crippen LogP contribution in [-0.2, 0) is 0 Å². The van der Waals surface area contributed by atoms with E-state index in [1.165, 1.54) is 11.1 Å². The summed E-state index contributed by atoms with van der Waals surface area (Å²) in [5.41, 5.74) is 10.0. The third-order valence-electron chi connectivity index (χ3n) is 7.22. The molecule has 2 heteroatoms. The average molecular weight is 516 g/mol. The van der Waals surface area contributed by atoms with Gasteiger partial charge in [0.05, 0.1) is 0 Å². The Morgan fingerprint density at radius 3 is 1.45 bits per heavy atom. The van der Waals surface area contributed by atoms with Crippen molar-refractivity contribution in [1.82, 2.24) is 0 Å². The highest BCUT2D eigenvalue weighted by molar-refractivity contribution is 6.10. The Balaban J connectivity index is 1.42. The molecular formula is C38H29NO. The van der Waals surface area contributed by atoms with Gasteiger partial charge in [-0.3, -0.25) is 4.79 Å². The molecule has 40 heavy (non-hydrogen) atoms. The lowest BCUT2D eigenvalue weighted by Crippen LogP contribution is -2.11. The number of rotatable bonds is 7. The van der Waals surface area contributed by atoms with Gasteiger partial charge in [-0.15, -0.1) is 0 Å². The van der Waals surface area contributed by atoms with Crippen LogP contribution in [0.4, 0.5) is 17.1 Å². The maximum atomic E-state index is 13.5. The summed E-state index contributed by atoms with van der Waals surface area (Å²) in [7, 11) is 0. The molecule has 6 rings (SSSR count). The van der Waals surface area contributed by atoms with Crippen LogP contribution in [0.5, 0.6) is 0 Å². The van der Waals surface area contributed by atoms with Crippen molar-refractivity contribution in [2.75, 3.05) is 4.90 Å². The first kappa shape index (κ1) is 25.1. The third kappa shape index (κ3) is 5.21. The van der Waals surface area contributed by atoms with Gasteiger partial charge < -0.3 is 4.90 Å². The smallest absolute Gasteiger partial charge is 0.193 e. The monoisotopic (exact) mass is 515 g/mol. The summed E-state index contributed by atoms with van der Waals surface area (Å²) in [6.45, 7) is 1.98. The van der Waals surface area contributed by atoms with Crippen LogP contribution in [0.25, 0.3) is 22.3 Å². The standard InChI is InChI=1S/C38H29NO/c1-28-11-8-9-18-37(28)38(40)33-16-10-17-36(27-33)39(34-23-19-31(20-24-34)29-12-4-2-5-13-29)35-25-21-32(22-26-35)30-14-6-3-7-15-30/h2-27H,1H3. The second-order valence-electron chi connectivity index (χ2n) is 9.86. The van der Waals surface area contributed by atoms with E-state index >= 15 is 0 Å². The number of benzene rings is 6. The van der Waals surface area contributed by atoms with Crippen LogP contribution in [-0.4, -0.2) is 5.78 Å². The van der Waals surface area contributed by atoms with E-state index in [0.29, 0.717) is 5.56 Å². The summed E-state index contributed by atoms with van der Waals surface area (Å²) in [5, 5.41) is 0. The zero-order valence-corrected chi connectivity index (χ0v) is 22.4. The summed E-state index contributed by atoms with van der Waals surface area (Å²) in [4.78, 5) is 15.7. The molecule has 6 aromatic rings. The number of carbonyl (C=O) groups is 1. The van der Waals surface area contributed by atoms with Crippen molar-refractivity contribution in [3.05, 3.63) is 174 Å². The van der Waals surface area contributed by atoms with Gasteiger partial charge in [0.1, 0.15) is 0 Å². The number of carbonyl (C=O) groups excluding carboxylic acids is 1. The van der Waals surface area contributed by atoms with Gasteiger partial charge in [-0.25, -0.2) is 0 Å². The molecule has 0 unspecified atom stereocenters. The molecule has 0 aromatic heterocycles. The predicted molar refractivity (Wildman–Crippen MR) is 167 cm³/mol. The molecule has 0 saturated carbocycles. The molecule has 192 valence electrons. The number of hydrogen-bond acceptors (Lipinski definition) is 2. The molecule has 0 saturated heterocycles. The van der Waals surface area contributed by atoms with E-state index in [4.69, 9.17) is 0 Å². The molecule has 0 N–H and O–H groups in total. The van der Waals surface area contributed by atoms with Crippen molar-refractivity contribution in [2.45, 2.75) is 6.92 Å². The van der Waals surface area contributed by atoms with Gasteiger partial charge in [0.2, 0.25) is 0 Å². The molecule has 0 radical (unpaired) electrons. The van der Waals surface area contributed by atoms with Gasteiger partial charge in [-0.1, -0.05) is 121 Å². The zero-order chi connectivity index (χ0) is 27.3. The zero-order valence-electron chi connectivity index (χ0n) is 22.4. The lowest BCUT2D eigenvalue weighted by Gasteiger charge is -2.26. The maximum absolute atomic E-state index is 13.5.